The number of hydrogen-bond donors (Lipinski definition) is 1. The summed E-state index contributed by atoms with van der Waals surface area (Å²) >= 11 is 4.96. The third kappa shape index (κ3) is 7.13. The molecule has 0 spiro atoms. The van der Waals surface area contributed by atoms with E-state index in [2.05, 4.69) is 12.2 Å². The molecule has 1 rings (SSSR count). The van der Waals surface area contributed by atoms with Crippen molar-refractivity contribution in [3.8, 4) is 0 Å². The summed E-state index contributed by atoms with van der Waals surface area (Å²) in [6.07, 6.45) is 1.18. The number of alkyl halides is 3. The first kappa shape index (κ1) is 17.5. The summed E-state index contributed by atoms with van der Waals surface area (Å²) < 4.78 is 42.4. The van der Waals surface area contributed by atoms with Gasteiger partial charge in [-0.05, 0) is 42.4 Å². The highest BCUT2D eigenvalue weighted by molar-refractivity contribution is 7.80. The third-order valence-electron chi connectivity index (χ3n) is 2.66. The molecule has 1 aromatic rings. The number of thiocarbonyl (C=S) groups is 1. The van der Waals surface area contributed by atoms with Crippen molar-refractivity contribution in [3.05, 3.63) is 41.5 Å². The zero-order valence-electron chi connectivity index (χ0n) is 11.7. The van der Waals surface area contributed by atoms with Crippen LogP contribution in [0.5, 0.6) is 0 Å². The first-order valence-electron chi connectivity index (χ1n) is 6.68. The molecule has 0 bridgehead atoms. The van der Waals surface area contributed by atoms with Crippen molar-refractivity contribution in [1.82, 2.24) is 5.32 Å². The molecule has 21 heavy (non-hydrogen) atoms. The molecule has 0 saturated carbocycles. The first-order valence-corrected chi connectivity index (χ1v) is 7.08. The van der Waals surface area contributed by atoms with E-state index in [9.17, 15) is 13.2 Å². The van der Waals surface area contributed by atoms with Crippen molar-refractivity contribution in [2.75, 3.05) is 13.2 Å². The van der Waals surface area contributed by atoms with Crippen LogP contribution in [0.3, 0.4) is 0 Å². The van der Waals surface area contributed by atoms with E-state index >= 15 is 0 Å². The number of ether oxygens (including phenoxy) is 1. The van der Waals surface area contributed by atoms with Gasteiger partial charge in [0.25, 0.3) is 5.17 Å². The maximum absolute atomic E-state index is 12.4. The van der Waals surface area contributed by atoms with Gasteiger partial charge in [-0.2, -0.15) is 13.2 Å². The van der Waals surface area contributed by atoms with Gasteiger partial charge < -0.3 is 10.1 Å². The molecule has 6 heteroatoms. The number of halogens is 3. The monoisotopic (exact) mass is 317 g/mol. The van der Waals surface area contributed by atoms with E-state index < -0.39 is 11.7 Å². The first-order chi connectivity index (χ1) is 9.93. The van der Waals surface area contributed by atoms with E-state index in [0.29, 0.717) is 10.7 Å². The number of benzene rings is 1. The second-order valence-electron chi connectivity index (χ2n) is 4.40. The van der Waals surface area contributed by atoms with E-state index in [1.165, 1.54) is 12.1 Å². The van der Waals surface area contributed by atoms with E-state index in [-0.39, 0.29) is 6.61 Å². The Hall–Kier alpha value is -1.56. The lowest BCUT2D eigenvalue weighted by Gasteiger charge is -2.07. The highest BCUT2D eigenvalue weighted by Gasteiger charge is 2.29. The lowest BCUT2D eigenvalue weighted by molar-refractivity contribution is -0.137. The number of nitrogens with one attached hydrogen (secondary N) is 1. The van der Waals surface area contributed by atoms with Gasteiger partial charge in [-0.1, -0.05) is 31.6 Å². The molecule has 116 valence electrons. The summed E-state index contributed by atoms with van der Waals surface area (Å²) in [6, 6.07) is 4.93. The van der Waals surface area contributed by atoms with Crippen molar-refractivity contribution in [2.45, 2.75) is 25.9 Å². The minimum atomic E-state index is -4.30. The van der Waals surface area contributed by atoms with Gasteiger partial charge in [-0.15, -0.1) is 0 Å². The Labute approximate surface area is 128 Å². The van der Waals surface area contributed by atoms with Crippen LogP contribution >= 0.6 is 12.2 Å². The SMILES string of the molecule is CCCCNC(=S)OC/C=C/c1ccc(C(F)(F)F)cc1. The van der Waals surface area contributed by atoms with E-state index in [1.54, 1.807) is 12.2 Å². The van der Waals surface area contributed by atoms with Crippen molar-refractivity contribution in [1.29, 1.82) is 0 Å². The molecule has 0 unspecified atom stereocenters. The quantitative estimate of drug-likeness (QED) is 0.620. The van der Waals surface area contributed by atoms with Crippen LogP contribution in [0.15, 0.2) is 30.3 Å². The van der Waals surface area contributed by atoms with Crippen LogP contribution in [0.2, 0.25) is 0 Å². The van der Waals surface area contributed by atoms with Gasteiger partial charge in [-0.3, -0.25) is 0 Å². The van der Waals surface area contributed by atoms with Gasteiger partial charge in [0.05, 0.1) is 5.56 Å². The average molecular weight is 317 g/mol. The van der Waals surface area contributed by atoms with Gasteiger partial charge in [0, 0.05) is 6.54 Å². The van der Waals surface area contributed by atoms with Crippen LogP contribution in [0, 0.1) is 0 Å². The molecule has 1 N–H and O–H groups in total. The molecule has 2 nitrogen and oxygen atoms in total. The fraction of sp³-hybridized carbons (Fsp3) is 0.400. The Balaban J connectivity index is 2.35. The van der Waals surface area contributed by atoms with Crippen molar-refractivity contribution < 1.29 is 17.9 Å². The normalized spacial score (nSPS) is 11.6. The van der Waals surface area contributed by atoms with Crippen LogP contribution in [-0.4, -0.2) is 18.3 Å². The number of hydrogen-bond acceptors (Lipinski definition) is 2. The van der Waals surface area contributed by atoms with Crippen molar-refractivity contribution in [3.63, 3.8) is 0 Å². The second kappa shape index (κ2) is 8.67. The summed E-state index contributed by atoms with van der Waals surface area (Å²) in [5.74, 6) is 0. The Kier molecular flexibility index (Phi) is 7.22. The highest BCUT2D eigenvalue weighted by Crippen LogP contribution is 2.29. The van der Waals surface area contributed by atoms with Gasteiger partial charge in [-0.25, -0.2) is 0 Å². The molecular formula is C15H18F3NOS. The molecule has 0 heterocycles. The smallest absolute Gasteiger partial charge is 0.416 e. The second-order valence-corrected chi connectivity index (χ2v) is 4.77. The summed E-state index contributed by atoms with van der Waals surface area (Å²) in [6.45, 7) is 3.13. The van der Waals surface area contributed by atoms with Crippen molar-refractivity contribution >= 4 is 23.5 Å². The molecular weight excluding hydrogens is 299 g/mol. The lowest BCUT2D eigenvalue weighted by Crippen LogP contribution is -2.24. The molecule has 0 aromatic heterocycles. The molecule has 0 amide bonds. The van der Waals surface area contributed by atoms with Crippen molar-refractivity contribution in [2.24, 2.45) is 0 Å². The zero-order valence-corrected chi connectivity index (χ0v) is 12.6. The highest BCUT2D eigenvalue weighted by atomic mass is 32.1. The minimum Gasteiger partial charge on any atom is -0.467 e. The third-order valence-corrected chi connectivity index (χ3v) is 2.92. The summed E-state index contributed by atoms with van der Waals surface area (Å²) in [5, 5.41) is 3.29. The predicted octanol–water partition coefficient (Wildman–Crippen LogP) is 4.41. The van der Waals surface area contributed by atoms with Crippen LogP contribution in [0.25, 0.3) is 6.08 Å². The van der Waals surface area contributed by atoms with Gasteiger partial charge in [0.15, 0.2) is 0 Å². The van der Waals surface area contributed by atoms with E-state index in [1.807, 2.05) is 0 Å². The number of rotatable bonds is 6. The Bertz CT molecular complexity index is 469. The van der Waals surface area contributed by atoms with Crippen LogP contribution < -0.4 is 5.32 Å². The topological polar surface area (TPSA) is 21.3 Å². The van der Waals surface area contributed by atoms with Gasteiger partial charge in [0.1, 0.15) is 6.61 Å². The largest absolute Gasteiger partial charge is 0.467 e. The fourth-order valence-electron chi connectivity index (χ4n) is 1.51. The Morgan fingerprint density at radius 2 is 1.95 bits per heavy atom. The van der Waals surface area contributed by atoms with Crippen LogP contribution in [0.4, 0.5) is 13.2 Å². The Morgan fingerprint density at radius 1 is 1.29 bits per heavy atom. The van der Waals surface area contributed by atoms with E-state index in [4.69, 9.17) is 17.0 Å². The standard InChI is InChI=1S/C15H18F3NOS/c1-2-3-10-19-14(21)20-11-4-5-12-6-8-13(9-7-12)15(16,17)18/h4-9H,2-3,10-11H2,1H3,(H,19,21)/b5-4+. The van der Waals surface area contributed by atoms with Crippen LogP contribution in [-0.2, 0) is 10.9 Å². The summed E-state index contributed by atoms with van der Waals surface area (Å²) in [4.78, 5) is 0. The molecule has 0 fully saturated rings. The molecule has 0 aliphatic rings. The maximum atomic E-state index is 12.4. The minimum absolute atomic E-state index is 0.277. The molecule has 0 aliphatic heterocycles. The molecule has 0 saturated heterocycles. The van der Waals surface area contributed by atoms with Gasteiger partial charge >= 0.3 is 6.18 Å². The predicted molar refractivity (Wildman–Crippen MR) is 81.9 cm³/mol. The zero-order chi connectivity index (χ0) is 15.7. The molecule has 0 aliphatic carbocycles. The fourth-order valence-corrected chi connectivity index (χ4v) is 1.68. The summed E-state index contributed by atoms with van der Waals surface area (Å²) in [7, 11) is 0. The summed E-state index contributed by atoms with van der Waals surface area (Å²) in [5.41, 5.74) is 0.0219. The molecule has 0 radical (unpaired) electrons. The molecule has 1 aromatic carbocycles. The van der Waals surface area contributed by atoms with Crippen LogP contribution in [0.1, 0.15) is 30.9 Å². The maximum Gasteiger partial charge on any atom is 0.416 e. The lowest BCUT2D eigenvalue weighted by atomic mass is 10.1. The molecule has 0 atom stereocenters. The van der Waals surface area contributed by atoms with E-state index in [0.717, 1.165) is 31.5 Å². The Morgan fingerprint density at radius 3 is 2.52 bits per heavy atom. The van der Waals surface area contributed by atoms with Gasteiger partial charge in [0.2, 0.25) is 0 Å². The number of unbranched alkanes of at least 4 members (excludes halogenated alkanes) is 1. The average Bonchev–Trinajstić information content (AvgIpc) is 2.43.